The molecule has 1 heterocycles. The molecule has 0 bridgehead atoms. The standard InChI is InChI=1S/C17H20N2O4S/c1-10(2)14(17(22)23-3)19-15(21)13(18)16(19)24-9-12(20)11-7-5-4-6-8-11/h4-8,13,16H,9,18H2,1-3H3/t13-,16-/m1/s1. The molecule has 0 saturated carbocycles. The van der Waals surface area contributed by atoms with E-state index in [9.17, 15) is 14.4 Å². The molecule has 24 heavy (non-hydrogen) atoms. The van der Waals surface area contributed by atoms with Crippen LogP contribution >= 0.6 is 11.8 Å². The fraction of sp³-hybridized carbons (Fsp3) is 0.353. The minimum atomic E-state index is -0.738. The van der Waals surface area contributed by atoms with Crippen LogP contribution in [0.1, 0.15) is 24.2 Å². The molecule has 1 aliphatic rings. The van der Waals surface area contributed by atoms with E-state index in [-0.39, 0.29) is 23.1 Å². The number of likely N-dealkylation sites (tertiary alicyclic amines) is 1. The molecule has 0 aromatic heterocycles. The summed E-state index contributed by atoms with van der Waals surface area (Å²) in [7, 11) is 1.26. The lowest BCUT2D eigenvalue weighted by atomic mass is 10.1. The highest BCUT2D eigenvalue weighted by molar-refractivity contribution is 8.00. The maximum absolute atomic E-state index is 12.2. The van der Waals surface area contributed by atoms with E-state index in [0.717, 1.165) is 0 Å². The second-order valence-electron chi connectivity index (χ2n) is 5.56. The van der Waals surface area contributed by atoms with Crippen LogP contribution in [0.25, 0.3) is 0 Å². The van der Waals surface area contributed by atoms with E-state index >= 15 is 0 Å². The van der Waals surface area contributed by atoms with Crippen molar-refractivity contribution in [1.82, 2.24) is 4.90 Å². The Morgan fingerprint density at radius 3 is 2.42 bits per heavy atom. The molecule has 6 nitrogen and oxygen atoms in total. The number of rotatable bonds is 6. The topological polar surface area (TPSA) is 89.7 Å². The Bertz CT molecular complexity index is 683. The zero-order chi connectivity index (χ0) is 17.9. The van der Waals surface area contributed by atoms with Gasteiger partial charge in [-0.3, -0.25) is 14.5 Å². The number of ether oxygens (including phenoxy) is 1. The Balaban J connectivity index is 2.11. The molecule has 2 N–H and O–H groups in total. The van der Waals surface area contributed by atoms with Gasteiger partial charge in [-0.15, -0.1) is 11.8 Å². The summed E-state index contributed by atoms with van der Waals surface area (Å²) < 4.78 is 4.75. The fourth-order valence-corrected chi connectivity index (χ4v) is 3.58. The molecule has 1 aromatic rings. The second kappa shape index (κ2) is 7.63. The number of methoxy groups -OCH3 is 1. The summed E-state index contributed by atoms with van der Waals surface area (Å²) in [6.07, 6.45) is 0. The summed E-state index contributed by atoms with van der Waals surface area (Å²) in [5.74, 6) is -0.816. The van der Waals surface area contributed by atoms with Crippen molar-refractivity contribution in [2.24, 2.45) is 5.73 Å². The second-order valence-corrected chi connectivity index (χ2v) is 6.67. The third kappa shape index (κ3) is 3.52. The minimum Gasteiger partial charge on any atom is -0.464 e. The van der Waals surface area contributed by atoms with Crippen LogP contribution in [0.15, 0.2) is 41.6 Å². The molecule has 0 radical (unpaired) electrons. The molecule has 0 unspecified atom stereocenters. The Kier molecular flexibility index (Phi) is 5.80. The van der Waals surface area contributed by atoms with Gasteiger partial charge in [0.05, 0.1) is 12.9 Å². The van der Waals surface area contributed by atoms with Crippen LogP contribution in [0, 0.1) is 0 Å². The van der Waals surface area contributed by atoms with Gasteiger partial charge in [0.2, 0.25) is 5.91 Å². The highest BCUT2D eigenvalue weighted by atomic mass is 32.2. The zero-order valence-electron chi connectivity index (χ0n) is 13.8. The number of β-lactam (4-membered cyclic amide) rings is 1. The van der Waals surface area contributed by atoms with Crippen molar-refractivity contribution in [2.45, 2.75) is 25.3 Å². The van der Waals surface area contributed by atoms with Gasteiger partial charge in [-0.25, -0.2) is 4.79 Å². The first-order valence-electron chi connectivity index (χ1n) is 7.42. The maximum Gasteiger partial charge on any atom is 0.354 e. The molecule has 0 spiro atoms. The van der Waals surface area contributed by atoms with Gasteiger partial charge < -0.3 is 10.5 Å². The smallest absolute Gasteiger partial charge is 0.354 e. The number of amides is 1. The lowest BCUT2D eigenvalue weighted by molar-refractivity contribution is -0.149. The summed E-state index contributed by atoms with van der Waals surface area (Å²) in [5.41, 5.74) is 7.31. The molecular formula is C17H20N2O4S. The predicted molar refractivity (Wildman–Crippen MR) is 92.2 cm³/mol. The number of benzene rings is 1. The van der Waals surface area contributed by atoms with Crippen molar-refractivity contribution >= 4 is 29.4 Å². The molecule has 1 aromatic carbocycles. The largest absolute Gasteiger partial charge is 0.464 e. The summed E-state index contributed by atoms with van der Waals surface area (Å²) in [5, 5.41) is -0.464. The highest BCUT2D eigenvalue weighted by Crippen LogP contribution is 2.34. The summed E-state index contributed by atoms with van der Waals surface area (Å²) in [6.45, 7) is 3.44. The van der Waals surface area contributed by atoms with Crippen molar-refractivity contribution in [3.63, 3.8) is 0 Å². The average Bonchev–Trinajstić information content (AvgIpc) is 2.60. The van der Waals surface area contributed by atoms with E-state index in [2.05, 4.69) is 0 Å². The predicted octanol–water partition coefficient (Wildman–Crippen LogP) is 1.56. The molecule has 1 fully saturated rings. The minimum absolute atomic E-state index is 0.0519. The summed E-state index contributed by atoms with van der Waals surface area (Å²) in [4.78, 5) is 37.6. The van der Waals surface area contributed by atoms with Crippen molar-refractivity contribution in [3.05, 3.63) is 47.2 Å². The normalized spacial score (nSPS) is 19.5. The number of carbonyl (C=O) groups is 3. The van der Waals surface area contributed by atoms with E-state index < -0.39 is 17.4 Å². The van der Waals surface area contributed by atoms with E-state index in [1.165, 1.54) is 23.8 Å². The van der Waals surface area contributed by atoms with Gasteiger partial charge in [-0.1, -0.05) is 30.3 Å². The number of Topliss-reactive ketones (excluding diaryl/α,β-unsaturated/α-hetero) is 1. The molecule has 128 valence electrons. The Hall–Kier alpha value is -2.12. The molecule has 1 amide bonds. The van der Waals surface area contributed by atoms with Gasteiger partial charge in [0.25, 0.3) is 0 Å². The monoisotopic (exact) mass is 348 g/mol. The van der Waals surface area contributed by atoms with E-state index in [1.54, 1.807) is 38.1 Å². The molecular weight excluding hydrogens is 328 g/mol. The van der Waals surface area contributed by atoms with Gasteiger partial charge in [-0.05, 0) is 19.4 Å². The number of thioether (sulfide) groups is 1. The third-order valence-corrected chi connectivity index (χ3v) is 4.93. The van der Waals surface area contributed by atoms with Gasteiger partial charge in [0.15, 0.2) is 5.78 Å². The first kappa shape index (κ1) is 18.2. The first-order chi connectivity index (χ1) is 11.4. The molecule has 1 saturated heterocycles. The number of nitrogens with two attached hydrogens (primary N) is 1. The number of allylic oxidation sites excluding steroid dienone is 1. The van der Waals surface area contributed by atoms with Crippen molar-refractivity contribution in [1.29, 1.82) is 0 Å². The van der Waals surface area contributed by atoms with Crippen molar-refractivity contribution in [2.75, 3.05) is 12.9 Å². The lowest BCUT2D eigenvalue weighted by Crippen LogP contribution is -2.67. The van der Waals surface area contributed by atoms with Gasteiger partial charge >= 0.3 is 5.97 Å². The Labute approximate surface area is 145 Å². The van der Waals surface area contributed by atoms with Gasteiger partial charge in [0.1, 0.15) is 17.1 Å². The van der Waals surface area contributed by atoms with Crippen LogP contribution in [0.2, 0.25) is 0 Å². The van der Waals surface area contributed by atoms with Gasteiger partial charge in [0, 0.05) is 5.56 Å². The first-order valence-corrected chi connectivity index (χ1v) is 8.47. The van der Waals surface area contributed by atoms with E-state index in [4.69, 9.17) is 10.5 Å². The molecule has 2 atom stereocenters. The zero-order valence-corrected chi connectivity index (χ0v) is 14.6. The van der Waals surface area contributed by atoms with Crippen molar-refractivity contribution in [3.8, 4) is 0 Å². The third-order valence-electron chi connectivity index (χ3n) is 3.66. The highest BCUT2D eigenvalue weighted by Gasteiger charge is 2.49. The van der Waals surface area contributed by atoms with Crippen LogP contribution in [-0.4, -0.2) is 46.8 Å². The van der Waals surface area contributed by atoms with E-state index in [0.29, 0.717) is 11.1 Å². The number of hydrogen-bond donors (Lipinski definition) is 1. The SMILES string of the molecule is COC(=O)C(=C(C)C)N1C(=O)[C@@H](N)[C@H]1SCC(=O)c1ccccc1. The maximum atomic E-state index is 12.2. The number of ketones is 1. The van der Waals surface area contributed by atoms with Gasteiger partial charge in [-0.2, -0.15) is 0 Å². The number of carbonyl (C=O) groups excluding carboxylic acids is 3. The van der Waals surface area contributed by atoms with Crippen LogP contribution in [0.4, 0.5) is 0 Å². The van der Waals surface area contributed by atoms with Crippen LogP contribution in [0.5, 0.6) is 0 Å². The van der Waals surface area contributed by atoms with E-state index in [1.807, 2.05) is 6.07 Å². The fourth-order valence-electron chi connectivity index (χ4n) is 2.41. The lowest BCUT2D eigenvalue weighted by Gasteiger charge is -2.45. The molecule has 7 heteroatoms. The molecule has 1 aliphatic heterocycles. The number of nitrogens with zero attached hydrogens (tertiary/aromatic N) is 1. The van der Waals surface area contributed by atoms with Crippen LogP contribution in [0.3, 0.4) is 0 Å². The van der Waals surface area contributed by atoms with Crippen LogP contribution < -0.4 is 5.73 Å². The quantitative estimate of drug-likeness (QED) is 0.363. The molecule has 0 aliphatic carbocycles. The summed E-state index contributed by atoms with van der Waals surface area (Å²) in [6, 6.07) is 8.16. The molecule has 2 rings (SSSR count). The number of esters is 1. The Morgan fingerprint density at radius 2 is 1.88 bits per heavy atom. The number of hydrogen-bond acceptors (Lipinski definition) is 6. The van der Waals surface area contributed by atoms with Crippen molar-refractivity contribution < 1.29 is 19.1 Å². The van der Waals surface area contributed by atoms with Crippen LogP contribution in [-0.2, 0) is 14.3 Å². The average molecular weight is 348 g/mol. The Morgan fingerprint density at radius 1 is 1.25 bits per heavy atom. The summed E-state index contributed by atoms with van der Waals surface area (Å²) >= 11 is 1.25.